The Morgan fingerprint density at radius 1 is 1.38 bits per heavy atom. The summed E-state index contributed by atoms with van der Waals surface area (Å²) in [7, 11) is -1.33. The number of amides is 1. The fourth-order valence-corrected chi connectivity index (χ4v) is 4.10. The smallest absolute Gasteiger partial charge is 0.258 e. The third-order valence-electron chi connectivity index (χ3n) is 3.59. The van der Waals surface area contributed by atoms with Gasteiger partial charge in [-0.2, -0.15) is 4.80 Å². The molecule has 0 radical (unpaired) electrons. The number of ether oxygens (including phenoxy) is 1. The molecule has 2 aromatic rings. The van der Waals surface area contributed by atoms with Gasteiger partial charge < -0.3 is 10.1 Å². The summed E-state index contributed by atoms with van der Waals surface area (Å²) in [4.78, 5) is 13.2. The maximum Gasteiger partial charge on any atom is 0.258 e. The van der Waals surface area contributed by atoms with Gasteiger partial charge in [-0.05, 0) is 35.9 Å². The number of tetrazole rings is 1. The molecule has 1 aliphatic heterocycles. The van der Waals surface area contributed by atoms with E-state index in [-0.39, 0.29) is 30.1 Å². The van der Waals surface area contributed by atoms with Crippen molar-refractivity contribution in [2.75, 3.05) is 18.1 Å². The van der Waals surface area contributed by atoms with Gasteiger partial charge in [0.05, 0.1) is 18.6 Å². The second-order valence-electron chi connectivity index (χ2n) is 5.58. The summed E-state index contributed by atoms with van der Waals surface area (Å²) in [5.74, 6) is 0.813. The number of nitrogens with one attached hydrogen (secondary N) is 1. The zero-order valence-electron chi connectivity index (χ0n) is 13.0. The van der Waals surface area contributed by atoms with Crippen molar-refractivity contribution in [2.45, 2.75) is 12.5 Å². The lowest BCUT2D eigenvalue weighted by Gasteiger charge is -2.11. The molecule has 1 fully saturated rings. The van der Waals surface area contributed by atoms with Gasteiger partial charge in [0, 0.05) is 11.6 Å². The molecule has 3 rings (SSSR count). The van der Waals surface area contributed by atoms with Gasteiger partial charge >= 0.3 is 0 Å². The molecule has 1 atom stereocenters. The molecule has 0 unspecified atom stereocenters. The number of benzene rings is 1. The van der Waals surface area contributed by atoms with Gasteiger partial charge in [-0.1, -0.05) is 0 Å². The van der Waals surface area contributed by atoms with Crippen LogP contribution in [-0.4, -0.2) is 58.7 Å². The minimum atomic E-state index is -3.01. The molecule has 1 amide bonds. The summed E-state index contributed by atoms with van der Waals surface area (Å²) in [5.41, 5.74) is 0.788. The molecule has 0 saturated carbocycles. The highest BCUT2D eigenvalue weighted by atomic mass is 32.2. The molecular weight excluding hydrogens is 334 g/mol. The van der Waals surface area contributed by atoms with E-state index in [0.717, 1.165) is 5.56 Å². The Kier molecular flexibility index (Phi) is 4.47. The van der Waals surface area contributed by atoms with E-state index in [4.69, 9.17) is 4.74 Å². The van der Waals surface area contributed by atoms with Crippen molar-refractivity contribution in [3.8, 4) is 17.1 Å². The molecule has 24 heavy (non-hydrogen) atoms. The van der Waals surface area contributed by atoms with Gasteiger partial charge in [-0.15, -0.1) is 10.2 Å². The quantitative estimate of drug-likeness (QED) is 0.776. The molecule has 2 heterocycles. The van der Waals surface area contributed by atoms with Crippen LogP contribution in [0.1, 0.15) is 6.42 Å². The number of aryl methyl sites for hydroxylation is 1. The fourth-order valence-electron chi connectivity index (χ4n) is 2.43. The Morgan fingerprint density at radius 2 is 2.12 bits per heavy atom. The first-order chi connectivity index (χ1) is 11.4. The summed E-state index contributed by atoms with van der Waals surface area (Å²) in [5, 5.41) is 14.4. The number of carbonyl (C=O) groups is 1. The molecule has 1 aromatic heterocycles. The normalized spacial score (nSPS) is 19.1. The number of carbonyl (C=O) groups excluding carboxylic acids is 1. The molecule has 1 aromatic carbocycles. The van der Waals surface area contributed by atoms with Crippen LogP contribution in [0, 0.1) is 0 Å². The number of rotatable bonds is 5. The minimum absolute atomic E-state index is 0.00144. The van der Waals surface area contributed by atoms with Crippen LogP contribution in [0.3, 0.4) is 0 Å². The van der Waals surface area contributed by atoms with Crippen LogP contribution in [-0.2, 0) is 21.7 Å². The second-order valence-corrected chi connectivity index (χ2v) is 7.81. The van der Waals surface area contributed by atoms with Crippen LogP contribution in [0.25, 0.3) is 11.4 Å². The Labute approximate surface area is 138 Å². The highest BCUT2D eigenvalue weighted by molar-refractivity contribution is 7.91. The molecule has 1 saturated heterocycles. The summed E-state index contributed by atoms with van der Waals surface area (Å²) >= 11 is 0. The summed E-state index contributed by atoms with van der Waals surface area (Å²) < 4.78 is 28.1. The first-order valence-corrected chi connectivity index (χ1v) is 9.20. The minimum Gasteiger partial charge on any atom is -0.484 e. The average Bonchev–Trinajstić information content (AvgIpc) is 3.11. The highest BCUT2D eigenvalue weighted by Gasteiger charge is 2.28. The number of hydrogen-bond acceptors (Lipinski definition) is 7. The van der Waals surface area contributed by atoms with Crippen LogP contribution in [0.2, 0.25) is 0 Å². The van der Waals surface area contributed by atoms with Crippen LogP contribution in [0.4, 0.5) is 0 Å². The maximum atomic E-state index is 11.8. The van der Waals surface area contributed by atoms with Gasteiger partial charge in [0.15, 0.2) is 16.4 Å². The summed E-state index contributed by atoms with van der Waals surface area (Å²) in [6.07, 6.45) is 0.452. The molecule has 10 heteroatoms. The second kappa shape index (κ2) is 6.56. The van der Waals surface area contributed by atoms with E-state index in [1.165, 1.54) is 4.80 Å². The van der Waals surface area contributed by atoms with Crippen LogP contribution >= 0.6 is 0 Å². The van der Waals surface area contributed by atoms with E-state index >= 15 is 0 Å². The number of hydrogen-bond donors (Lipinski definition) is 1. The molecule has 128 valence electrons. The molecule has 9 nitrogen and oxygen atoms in total. The monoisotopic (exact) mass is 351 g/mol. The molecule has 1 N–H and O–H groups in total. The first kappa shape index (κ1) is 16.4. The van der Waals surface area contributed by atoms with Crippen molar-refractivity contribution in [1.82, 2.24) is 25.5 Å². The Bertz CT molecular complexity index is 831. The standard InChI is InChI=1S/C14H17N5O4S/c1-19-17-14(16-18-19)10-2-4-12(5-3-10)23-8-13(20)15-11-6-7-24(21,22)9-11/h2-5,11H,6-9H2,1H3,(H,15,20)/t11-/m1/s1. The third kappa shape index (κ3) is 4.07. The maximum absolute atomic E-state index is 11.8. The fraction of sp³-hybridized carbons (Fsp3) is 0.429. The Balaban J connectivity index is 1.50. The largest absolute Gasteiger partial charge is 0.484 e. The summed E-state index contributed by atoms with van der Waals surface area (Å²) in [6, 6.07) is 6.63. The highest BCUT2D eigenvalue weighted by Crippen LogP contribution is 2.18. The predicted molar refractivity (Wildman–Crippen MR) is 84.9 cm³/mol. The van der Waals surface area contributed by atoms with E-state index in [9.17, 15) is 13.2 Å². The molecule has 0 bridgehead atoms. The molecule has 0 aliphatic carbocycles. The van der Waals surface area contributed by atoms with Gasteiger partial charge in [0.25, 0.3) is 5.91 Å². The van der Waals surface area contributed by atoms with Gasteiger partial charge in [0.1, 0.15) is 5.75 Å². The lowest BCUT2D eigenvalue weighted by atomic mass is 10.2. The van der Waals surface area contributed by atoms with Gasteiger partial charge in [-0.3, -0.25) is 4.79 Å². The summed E-state index contributed by atoms with van der Waals surface area (Å²) in [6.45, 7) is -0.167. The predicted octanol–water partition coefficient (Wildman–Crippen LogP) is -0.441. The first-order valence-electron chi connectivity index (χ1n) is 7.38. The van der Waals surface area contributed by atoms with Crippen molar-refractivity contribution >= 4 is 15.7 Å². The van der Waals surface area contributed by atoms with E-state index in [0.29, 0.717) is 18.0 Å². The molecule has 0 spiro atoms. The van der Waals surface area contributed by atoms with Crippen molar-refractivity contribution in [3.63, 3.8) is 0 Å². The van der Waals surface area contributed by atoms with E-state index < -0.39 is 9.84 Å². The van der Waals surface area contributed by atoms with Gasteiger partial charge in [0.2, 0.25) is 5.82 Å². The average molecular weight is 351 g/mol. The van der Waals surface area contributed by atoms with Crippen molar-refractivity contribution in [1.29, 1.82) is 0 Å². The number of sulfone groups is 1. The Hall–Kier alpha value is -2.49. The van der Waals surface area contributed by atoms with Crippen LogP contribution in [0.5, 0.6) is 5.75 Å². The van der Waals surface area contributed by atoms with Crippen molar-refractivity contribution in [2.24, 2.45) is 7.05 Å². The third-order valence-corrected chi connectivity index (χ3v) is 5.36. The van der Waals surface area contributed by atoms with Crippen LogP contribution < -0.4 is 10.1 Å². The SMILES string of the molecule is Cn1nnc(-c2ccc(OCC(=O)N[C@@H]3CCS(=O)(=O)C3)cc2)n1. The topological polar surface area (TPSA) is 116 Å². The Morgan fingerprint density at radius 3 is 2.71 bits per heavy atom. The van der Waals surface area contributed by atoms with Crippen molar-refractivity contribution < 1.29 is 17.9 Å². The van der Waals surface area contributed by atoms with E-state index in [1.807, 2.05) is 0 Å². The lowest BCUT2D eigenvalue weighted by molar-refractivity contribution is -0.123. The number of aromatic nitrogens is 4. The molecular formula is C14H17N5O4S. The van der Waals surface area contributed by atoms with Crippen molar-refractivity contribution in [3.05, 3.63) is 24.3 Å². The number of nitrogens with zero attached hydrogens (tertiary/aromatic N) is 4. The van der Waals surface area contributed by atoms with Crippen LogP contribution in [0.15, 0.2) is 24.3 Å². The zero-order chi connectivity index (χ0) is 17.2. The van der Waals surface area contributed by atoms with Gasteiger partial charge in [-0.25, -0.2) is 8.42 Å². The zero-order valence-corrected chi connectivity index (χ0v) is 13.9. The lowest BCUT2D eigenvalue weighted by Crippen LogP contribution is -2.38. The molecule has 1 aliphatic rings. The van der Waals surface area contributed by atoms with E-state index in [1.54, 1.807) is 31.3 Å². The van der Waals surface area contributed by atoms with E-state index in [2.05, 4.69) is 20.7 Å².